The molecular formula is C9H12IN3. The molecule has 4 heteroatoms. The van der Waals surface area contributed by atoms with E-state index in [4.69, 9.17) is 0 Å². The first kappa shape index (κ1) is 9.18. The number of hydrogen-bond donors (Lipinski definition) is 1. The fourth-order valence-corrected chi connectivity index (χ4v) is 1.93. The lowest BCUT2D eigenvalue weighted by atomic mass is 10.3. The zero-order valence-electron chi connectivity index (χ0n) is 7.50. The van der Waals surface area contributed by atoms with Gasteiger partial charge in [-0.3, -0.25) is 0 Å². The third kappa shape index (κ3) is 2.10. The first-order valence-electron chi connectivity index (χ1n) is 4.53. The molecule has 0 aliphatic heterocycles. The van der Waals surface area contributed by atoms with E-state index in [0.29, 0.717) is 6.04 Å². The zero-order valence-corrected chi connectivity index (χ0v) is 9.65. The van der Waals surface area contributed by atoms with Gasteiger partial charge in [-0.25, -0.2) is 9.97 Å². The SMILES string of the molecule is CCC1CC1Nc1ncncc1I. The van der Waals surface area contributed by atoms with Crippen molar-refractivity contribution in [2.24, 2.45) is 5.92 Å². The maximum absolute atomic E-state index is 4.20. The standard InChI is InChI=1S/C9H12IN3/c1-2-6-3-8(6)13-9-7(10)4-11-5-12-9/h4-6,8H,2-3H2,1H3,(H,11,12,13). The summed E-state index contributed by atoms with van der Waals surface area (Å²) in [6.07, 6.45) is 5.98. The Labute approximate surface area is 91.5 Å². The van der Waals surface area contributed by atoms with Crippen LogP contribution in [0.25, 0.3) is 0 Å². The van der Waals surface area contributed by atoms with Gasteiger partial charge in [-0.2, -0.15) is 0 Å². The first-order chi connectivity index (χ1) is 6.31. The minimum absolute atomic E-state index is 0.647. The summed E-state index contributed by atoms with van der Waals surface area (Å²) < 4.78 is 1.10. The monoisotopic (exact) mass is 289 g/mol. The molecule has 1 N–H and O–H groups in total. The molecule has 2 rings (SSSR count). The zero-order chi connectivity index (χ0) is 9.26. The number of anilines is 1. The highest BCUT2D eigenvalue weighted by molar-refractivity contribution is 14.1. The maximum Gasteiger partial charge on any atom is 0.143 e. The van der Waals surface area contributed by atoms with E-state index in [-0.39, 0.29) is 0 Å². The summed E-state index contributed by atoms with van der Waals surface area (Å²) in [5, 5.41) is 3.43. The minimum Gasteiger partial charge on any atom is -0.366 e. The molecule has 1 saturated carbocycles. The van der Waals surface area contributed by atoms with Crippen LogP contribution in [0.5, 0.6) is 0 Å². The van der Waals surface area contributed by atoms with Crippen LogP contribution < -0.4 is 5.32 Å². The van der Waals surface area contributed by atoms with Crippen LogP contribution in [0.3, 0.4) is 0 Å². The molecule has 1 aromatic heterocycles. The summed E-state index contributed by atoms with van der Waals surface area (Å²) in [5.74, 6) is 1.84. The Morgan fingerprint density at radius 3 is 3.15 bits per heavy atom. The van der Waals surface area contributed by atoms with Gasteiger partial charge >= 0.3 is 0 Å². The quantitative estimate of drug-likeness (QED) is 0.868. The smallest absolute Gasteiger partial charge is 0.143 e. The van der Waals surface area contributed by atoms with Gasteiger partial charge in [0.2, 0.25) is 0 Å². The Balaban J connectivity index is 1.99. The molecule has 1 aromatic rings. The van der Waals surface area contributed by atoms with E-state index in [1.807, 2.05) is 6.20 Å². The highest BCUT2D eigenvalue weighted by Crippen LogP contribution is 2.36. The van der Waals surface area contributed by atoms with E-state index in [0.717, 1.165) is 15.3 Å². The predicted molar refractivity (Wildman–Crippen MR) is 60.6 cm³/mol. The molecule has 3 nitrogen and oxygen atoms in total. The van der Waals surface area contributed by atoms with Gasteiger partial charge in [-0.1, -0.05) is 13.3 Å². The molecule has 0 bridgehead atoms. The van der Waals surface area contributed by atoms with Crippen LogP contribution in [0.2, 0.25) is 0 Å². The summed E-state index contributed by atoms with van der Waals surface area (Å²) in [7, 11) is 0. The summed E-state index contributed by atoms with van der Waals surface area (Å²) in [4.78, 5) is 8.15. The lowest BCUT2D eigenvalue weighted by molar-refractivity contribution is 0.773. The molecule has 70 valence electrons. The Hall–Kier alpha value is -0.390. The molecule has 1 aliphatic carbocycles. The van der Waals surface area contributed by atoms with Crippen molar-refractivity contribution in [3.05, 3.63) is 16.1 Å². The van der Waals surface area contributed by atoms with Crippen molar-refractivity contribution in [1.29, 1.82) is 0 Å². The Morgan fingerprint density at radius 2 is 2.54 bits per heavy atom. The molecule has 0 saturated heterocycles. The van der Waals surface area contributed by atoms with Crippen molar-refractivity contribution in [3.8, 4) is 0 Å². The van der Waals surface area contributed by atoms with E-state index in [2.05, 4.69) is 44.8 Å². The van der Waals surface area contributed by atoms with Crippen molar-refractivity contribution in [1.82, 2.24) is 9.97 Å². The second-order valence-electron chi connectivity index (χ2n) is 3.37. The van der Waals surface area contributed by atoms with Gasteiger partial charge in [-0.15, -0.1) is 0 Å². The second kappa shape index (κ2) is 3.77. The van der Waals surface area contributed by atoms with E-state index >= 15 is 0 Å². The Morgan fingerprint density at radius 1 is 1.69 bits per heavy atom. The highest BCUT2D eigenvalue weighted by Gasteiger charge is 2.35. The predicted octanol–water partition coefficient (Wildman–Crippen LogP) is 2.29. The van der Waals surface area contributed by atoms with Crippen LogP contribution in [0.4, 0.5) is 5.82 Å². The fraction of sp³-hybridized carbons (Fsp3) is 0.556. The van der Waals surface area contributed by atoms with Crippen molar-refractivity contribution in [3.63, 3.8) is 0 Å². The normalized spacial score (nSPS) is 25.7. The van der Waals surface area contributed by atoms with Crippen LogP contribution >= 0.6 is 22.6 Å². The highest BCUT2D eigenvalue weighted by atomic mass is 127. The van der Waals surface area contributed by atoms with E-state index < -0.39 is 0 Å². The van der Waals surface area contributed by atoms with Gasteiger partial charge in [0.25, 0.3) is 0 Å². The number of hydrogen-bond acceptors (Lipinski definition) is 3. The van der Waals surface area contributed by atoms with Crippen LogP contribution in [0.15, 0.2) is 12.5 Å². The summed E-state index contributed by atoms with van der Waals surface area (Å²) in [6, 6.07) is 0.647. The van der Waals surface area contributed by atoms with Crippen molar-refractivity contribution < 1.29 is 0 Å². The number of nitrogens with one attached hydrogen (secondary N) is 1. The van der Waals surface area contributed by atoms with Gasteiger partial charge in [0.05, 0.1) is 3.57 Å². The average molecular weight is 289 g/mol. The summed E-state index contributed by atoms with van der Waals surface area (Å²) in [5.41, 5.74) is 0. The van der Waals surface area contributed by atoms with Gasteiger partial charge in [0.15, 0.2) is 0 Å². The maximum atomic E-state index is 4.20. The minimum atomic E-state index is 0.647. The van der Waals surface area contributed by atoms with Gasteiger partial charge in [-0.05, 0) is 34.9 Å². The molecule has 0 aromatic carbocycles. The Bertz CT molecular complexity index is 303. The third-order valence-corrected chi connectivity index (χ3v) is 3.23. The van der Waals surface area contributed by atoms with Gasteiger partial charge in [0, 0.05) is 12.2 Å². The number of halogens is 1. The first-order valence-corrected chi connectivity index (χ1v) is 5.61. The van der Waals surface area contributed by atoms with Crippen molar-refractivity contribution in [2.75, 3.05) is 5.32 Å². The van der Waals surface area contributed by atoms with Gasteiger partial charge < -0.3 is 5.32 Å². The average Bonchev–Trinajstić information content (AvgIpc) is 2.88. The number of rotatable bonds is 3. The molecule has 1 heterocycles. The molecule has 1 aliphatic rings. The molecule has 2 atom stereocenters. The molecular weight excluding hydrogens is 277 g/mol. The van der Waals surface area contributed by atoms with E-state index in [1.54, 1.807) is 6.33 Å². The van der Waals surface area contributed by atoms with Crippen LogP contribution in [0, 0.1) is 9.49 Å². The van der Waals surface area contributed by atoms with E-state index in [9.17, 15) is 0 Å². The molecule has 0 amide bonds. The Kier molecular flexibility index (Phi) is 2.66. The molecule has 0 radical (unpaired) electrons. The van der Waals surface area contributed by atoms with Gasteiger partial charge in [0.1, 0.15) is 12.1 Å². The molecule has 0 spiro atoms. The number of nitrogens with zero attached hydrogens (tertiary/aromatic N) is 2. The lowest BCUT2D eigenvalue weighted by Crippen LogP contribution is -2.07. The van der Waals surface area contributed by atoms with Crippen molar-refractivity contribution in [2.45, 2.75) is 25.8 Å². The third-order valence-electron chi connectivity index (χ3n) is 2.44. The number of aromatic nitrogens is 2. The van der Waals surface area contributed by atoms with Crippen LogP contribution in [-0.2, 0) is 0 Å². The molecule has 1 fully saturated rings. The molecule has 2 unspecified atom stereocenters. The lowest BCUT2D eigenvalue weighted by Gasteiger charge is -2.04. The fourth-order valence-electron chi connectivity index (χ4n) is 1.47. The largest absolute Gasteiger partial charge is 0.366 e. The summed E-state index contributed by atoms with van der Waals surface area (Å²) >= 11 is 2.25. The summed E-state index contributed by atoms with van der Waals surface area (Å²) in [6.45, 7) is 2.23. The second-order valence-corrected chi connectivity index (χ2v) is 4.54. The topological polar surface area (TPSA) is 37.8 Å². The van der Waals surface area contributed by atoms with Crippen molar-refractivity contribution >= 4 is 28.4 Å². The van der Waals surface area contributed by atoms with Crippen LogP contribution in [0.1, 0.15) is 19.8 Å². The van der Waals surface area contributed by atoms with E-state index in [1.165, 1.54) is 12.8 Å². The molecule has 13 heavy (non-hydrogen) atoms. The van der Waals surface area contributed by atoms with Crippen LogP contribution in [-0.4, -0.2) is 16.0 Å².